The molecule has 132 valence electrons. The molecule has 1 amide bonds. The van der Waals surface area contributed by atoms with Gasteiger partial charge < -0.3 is 5.32 Å². The summed E-state index contributed by atoms with van der Waals surface area (Å²) in [5.41, 5.74) is 2.18. The average molecular weight is 404 g/mol. The normalized spacial score (nSPS) is 14.3. The van der Waals surface area contributed by atoms with Crippen LogP contribution in [-0.4, -0.2) is 14.3 Å². The van der Waals surface area contributed by atoms with Crippen molar-refractivity contribution in [2.75, 3.05) is 0 Å². The molecule has 1 aliphatic rings. The van der Waals surface area contributed by atoms with E-state index in [0.717, 1.165) is 10.4 Å². The van der Waals surface area contributed by atoms with E-state index < -0.39 is 9.84 Å². The third kappa shape index (κ3) is 3.05. The van der Waals surface area contributed by atoms with Gasteiger partial charge in [0.15, 0.2) is 9.84 Å². The molecule has 0 saturated heterocycles. The number of fused-ring (bicyclic) bond motifs is 3. The summed E-state index contributed by atoms with van der Waals surface area (Å²) in [5, 5.41) is 3.44. The Labute approximate surface area is 160 Å². The molecule has 0 radical (unpaired) electrons. The SMILES string of the molecule is O=C(NCc1ccccc1Cl)c1cc2c(s1)-c1ccccc1S(=O)(=O)C2. The molecule has 0 fully saturated rings. The Balaban J connectivity index is 1.62. The van der Waals surface area contributed by atoms with Crippen LogP contribution in [0.5, 0.6) is 0 Å². The molecule has 7 heteroatoms. The van der Waals surface area contributed by atoms with Crippen molar-refractivity contribution in [2.24, 2.45) is 0 Å². The largest absolute Gasteiger partial charge is 0.347 e. The topological polar surface area (TPSA) is 63.2 Å². The van der Waals surface area contributed by atoms with Gasteiger partial charge in [0.25, 0.3) is 5.91 Å². The van der Waals surface area contributed by atoms with Crippen molar-refractivity contribution in [1.82, 2.24) is 5.32 Å². The van der Waals surface area contributed by atoms with Crippen LogP contribution in [-0.2, 0) is 22.1 Å². The standard InChI is InChI=1S/C19H14ClNO3S2/c20-15-7-3-1-5-12(15)10-21-19(22)16-9-13-11-26(23,24)17-8-4-2-6-14(17)18(13)25-16/h1-9H,10-11H2,(H,21,22). The molecule has 2 aromatic carbocycles. The van der Waals surface area contributed by atoms with Crippen LogP contribution in [0.25, 0.3) is 10.4 Å². The van der Waals surface area contributed by atoms with Crippen LogP contribution in [0, 0.1) is 0 Å². The number of hydrogen-bond donors (Lipinski definition) is 1. The number of carbonyl (C=O) groups excluding carboxylic acids is 1. The molecule has 0 spiro atoms. The minimum atomic E-state index is -3.37. The van der Waals surface area contributed by atoms with Crippen molar-refractivity contribution in [1.29, 1.82) is 0 Å². The second-order valence-electron chi connectivity index (χ2n) is 5.99. The highest BCUT2D eigenvalue weighted by molar-refractivity contribution is 7.91. The molecule has 0 bridgehead atoms. The highest BCUT2D eigenvalue weighted by atomic mass is 35.5. The van der Waals surface area contributed by atoms with Crippen LogP contribution in [0.15, 0.2) is 59.5 Å². The van der Waals surface area contributed by atoms with E-state index in [1.165, 1.54) is 11.3 Å². The number of carbonyl (C=O) groups is 1. The number of amides is 1. The summed E-state index contributed by atoms with van der Waals surface area (Å²) in [5.74, 6) is -0.313. The number of halogens is 1. The minimum Gasteiger partial charge on any atom is -0.347 e. The first-order chi connectivity index (χ1) is 12.5. The summed E-state index contributed by atoms with van der Waals surface area (Å²) in [6, 6.07) is 15.9. The third-order valence-electron chi connectivity index (χ3n) is 4.24. The lowest BCUT2D eigenvalue weighted by Gasteiger charge is -2.15. The molecule has 1 aliphatic heterocycles. The number of hydrogen-bond acceptors (Lipinski definition) is 4. The zero-order valence-electron chi connectivity index (χ0n) is 13.5. The highest BCUT2D eigenvalue weighted by Crippen LogP contribution is 2.42. The third-order valence-corrected chi connectivity index (χ3v) is 7.54. The molecule has 0 atom stereocenters. The van der Waals surface area contributed by atoms with Crippen LogP contribution in [0.3, 0.4) is 0 Å². The number of thiophene rings is 1. The van der Waals surface area contributed by atoms with Crippen molar-refractivity contribution >= 4 is 38.7 Å². The molecule has 4 rings (SSSR count). The van der Waals surface area contributed by atoms with Crippen LogP contribution in [0.1, 0.15) is 20.8 Å². The molecule has 1 N–H and O–H groups in total. The van der Waals surface area contributed by atoms with Gasteiger partial charge in [0, 0.05) is 22.0 Å². The average Bonchev–Trinajstić information content (AvgIpc) is 3.04. The fourth-order valence-electron chi connectivity index (χ4n) is 2.99. The first-order valence-corrected chi connectivity index (χ1v) is 10.8. The second kappa shape index (κ2) is 6.54. The van der Waals surface area contributed by atoms with Gasteiger partial charge in [-0.25, -0.2) is 8.42 Å². The van der Waals surface area contributed by atoms with E-state index >= 15 is 0 Å². The molecule has 0 aliphatic carbocycles. The molecule has 2 heterocycles. The molecule has 1 aromatic heterocycles. The van der Waals surface area contributed by atoms with Gasteiger partial charge in [0.2, 0.25) is 0 Å². The summed E-state index contributed by atoms with van der Waals surface area (Å²) in [6.45, 7) is 0.315. The Morgan fingerprint density at radius 1 is 1.12 bits per heavy atom. The van der Waals surface area contributed by atoms with E-state index in [1.54, 1.807) is 36.4 Å². The molecular formula is C19H14ClNO3S2. The molecule has 4 nitrogen and oxygen atoms in total. The number of nitrogens with one attached hydrogen (secondary N) is 1. The van der Waals surface area contributed by atoms with Gasteiger partial charge in [-0.05, 0) is 29.3 Å². The Morgan fingerprint density at radius 2 is 1.85 bits per heavy atom. The van der Waals surface area contributed by atoms with Crippen molar-refractivity contribution < 1.29 is 13.2 Å². The summed E-state index contributed by atoms with van der Waals surface area (Å²) < 4.78 is 24.9. The highest BCUT2D eigenvalue weighted by Gasteiger charge is 2.30. The zero-order valence-corrected chi connectivity index (χ0v) is 15.9. The fourth-order valence-corrected chi connectivity index (χ4v) is 6.07. The fraction of sp³-hybridized carbons (Fsp3) is 0.105. The predicted octanol–water partition coefficient (Wildman–Crippen LogP) is 4.29. The Morgan fingerprint density at radius 3 is 2.65 bits per heavy atom. The zero-order chi connectivity index (χ0) is 18.3. The maximum absolute atomic E-state index is 12.5. The lowest BCUT2D eigenvalue weighted by molar-refractivity contribution is 0.0955. The minimum absolute atomic E-state index is 0.0758. The van der Waals surface area contributed by atoms with E-state index in [4.69, 9.17) is 11.6 Å². The molecular weight excluding hydrogens is 390 g/mol. The Hall–Kier alpha value is -2.15. The number of rotatable bonds is 3. The predicted molar refractivity (Wildman–Crippen MR) is 103 cm³/mol. The van der Waals surface area contributed by atoms with Gasteiger partial charge >= 0.3 is 0 Å². The lowest BCUT2D eigenvalue weighted by Crippen LogP contribution is -2.21. The van der Waals surface area contributed by atoms with Crippen LogP contribution in [0.4, 0.5) is 0 Å². The smallest absolute Gasteiger partial charge is 0.261 e. The molecule has 0 unspecified atom stereocenters. The summed E-state index contributed by atoms with van der Waals surface area (Å²) in [7, 11) is -3.37. The van der Waals surface area contributed by atoms with Gasteiger partial charge in [-0.3, -0.25) is 4.79 Å². The van der Waals surface area contributed by atoms with E-state index in [0.29, 0.717) is 32.5 Å². The van der Waals surface area contributed by atoms with Crippen molar-refractivity contribution in [2.45, 2.75) is 17.2 Å². The maximum atomic E-state index is 12.5. The van der Waals surface area contributed by atoms with Gasteiger partial charge in [-0.15, -0.1) is 11.3 Å². The van der Waals surface area contributed by atoms with E-state index in [1.807, 2.05) is 18.2 Å². The van der Waals surface area contributed by atoms with Gasteiger partial charge in [0.1, 0.15) is 0 Å². The van der Waals surface area contributed by atoms with E-state index in [9.17, 15) is 13.2 Å². The molecule has 0 saturated carbocycles. The molecule has 3 aromatic rings. The first-order valence-electron chi connectivity index (χ1n) is 7.92. The van der Waals surface area contributed by atoms with Crippen molar-refractivity contribution in [3.63, 3.8) is 0 Å². The Bertz CT molecular complexity index is 1120. The monoisotopic (exact) mass is 403 g/mol. The van der Waals surface area contributed by atoms with Crippen LogP contribution < -0.4 is 5.32 Å². The number of benzene rings is 2. The van der Waals surface area contributed by atoms with Crippen LogP contribution in [0.2, 0.25) is 5.02 Å². The quantitative estimate of drug-likeness (QED) is 0.709. The van der Waals surface area contributed by atoms with E-state index in [2.05, 4.69) is 5.32 Å². The van der Waals surface area contributed by atoms with Gasteiger partial charge in [-0.2, -0.15) is 0 Å². The number of sulfone groups is 1. The van der Waals surface area contributed by atoms with Crippen molar-refractivity contribution in [3.8, 4) is 10.4 Å². The lowest BCUT2D eigenvalue weighted by atomic mass is 10.1. The maximum Gasteiger partial charge on any atom is 0.261 e. The Kier molecular flexibility index (Phi) is 4.34. The molecule has 26 heavy (non-hydrogen) atoms. The van der Waals surface area contributed by atoms with Crippen LogP contribution >= 0.6 is 22.9 Å². The first kappa shape index (κ1) is 17.3. The summed E-state index contributed by atoms with van der Waals surface area (Å²) >= 11 is 7.43. The van der Waals surface area contributed by atoms with Gasteiger partial charge in [-0.1, -0.05) is 48.0 Å². The van der Waals surface area contributed by atoms with Gasteiger partial charge in [0.05, 0.1) is 15.5 Å². The summed E-state index contributed by atoms with van der Waals surface area (Å²) in [6.07, 6.45) is 0. The summed E-state index contributed by atoms with van der Waals surface area (Å²) in [4.78, 5) is 14.2. The second-order valence-corrected chi connectivity index (χ2v) is 9.41. The van der Waals surface area contributed by atoms with Crippen molar-refractivity contribution in [3.05, 3.63) is 75.6 Å². The van der Waals surface area contributed by atoms with E-state index in [-0.39, 0.29) is 11.7 Å².